The number of anilines is 4. The van der Waals surface area contributed by atoms with Gasteiger partial charge in [0.05, 0.1) is 34.6 Å². The van der Waals surface area contributed by atoms with Gasteiger partial charge in [-0.05, 0) is 76.5 Å². The third-order valence-electron chi connectivity index (χ3n) is 6.64. The zero-order chi connectivity index (χ0) is 28.0. The van der Waals surface area contributed by atoms with E-state index in [1.807, 2.05) is 31.2 Å². The van der Waals surface area contributed by atoms with E-state index in [0.717, 1.165) is 43.7 Å². The van der Waals surface area contributed by atoms with Crippen molar-refractivity contribution in [2.45, 2.75) is 50.3 Å². The van der Waals surface area contributed by atoms with E-state index in [-0.39, 0.29) is 21.8 Å². The Balaban J connectivity index is 1.39. The molecule has 0 radical (unpaired) electrons. The van der Waals surface area contributed by atoms with E-state index in [9.17, 15) is 13.2 Å². The number of likely N-dealkylation sites (tertiary alicyclic amines) is 1. The molecule has 0 spiro atoms. The van der Waals surface area contributed by atoms with Crippen molar-refractivity contribution in [2.75, 3.05) is 30.3 Å². The van der Waals surface area contributed by atoms with Gasteiger partial charge in [-0.2, -0.15) is 4.98 Å². The van der Waals surface area contributed by atoms with Gasteiger partial charge in [0.2, 0.25) is 5.95 Å². The number of sulfone groups is 1. The van der Waals surface area contributed by atoms with Gasteiger partial charge in [-0.15, -0.1) is 0 Å². The summed E-state index contributed by atoms with van der Waals surface area (Å²) < 4.78 is 30.8. The lowest BCUT2D eigenvalue weighted by atomic mass is 9.96. The molecule has 9 nitrogen and oxygen atoms in total. The third-order valence-corrected chi connectivity index (χ3v) is 9.12. The van der Waals surface area contributed by atoms with Crippen LogP contribution in [0.2, 0.25) is 5.02 Å². The van der Waals surface area contributed by atoms with Crippen LogP contribution in [0.4, 0.5) is 23.1 Å². The van der Waals surface area contributed by atoms with Gasteiger partial charge in [-0.25, -0.2) is 13.4 Å². The molecule has 3 aromatic rings. The molecule has 1 fully saturated rings. The van der Waals surface area contributed by atoms with Gasteiger partial charge in [0, 0.05) is 12.2 Å². The molecule has 2 N–H and O–H groups in total. The van der Waals surface area contributed by atoms with Gasteiger partial charge in [-0.3, -0.25) is 9.69 Å². The highest BCUT2D eigenvalue weighted by Gasteiger charge is 2.26. The van der Waals surface area contributed by atoms with Gasteiger partial charge in [-0.1, -0.05) is 35.9 Å². The first-order valence-electron chi connectivity index (χ1n) is 13.0. The van der Waals surface area contributed by atoms with Crippen LogP contribution in [0.5, 0.6) is 0 Å². The molecule has 2 aromatic carbocycles. The first-order valence-corrected chi connectivity index (χ1v) is 15.0. The number of carbonyl (C=O) groups is 1. The first-order chi connectivity index (χ1) is 18.7. The Morgan fingerprint density at radius 2 is 1.79 bits per heavy atom. The summed E-state index contributed by atoms with van der Waals surface area (Å²) in [6.45, 7) is 8.08. The molecule has 0 amide bonds. The molecule has 1 saturated heterocycles. The topological polar surface area (TPSA) is 114 Å². The predicted molar refractivity (Wildman–Crippen MR) is 153 cm³/mol. The van der Waals surface area contributed by atoms with E-state index in [2.05, 4.69) is 25.5 Å². The molecule has 208 valence electrons. The maximum atomic E-state index is 12.8. The molecule has 11 heteroatoms. The molecule has 1 aliphatic rings. The number of ether oxygens (including phenoxy) is 1. The van der Waals surface area contributed by atoms with Crippen molar-refractivity contribution in [1.82, 2.24) is 14.9 Å². The monoisotopic (exact) mass is 571 g/mol. The van der Waals surface area contributed by atoms with E-state index in [1.165, 1.54) is 6.20 Å². The largest absolute Gasteiger partial charge is 0.466 e. The molecule has 39 heavy (non-hydrogen) atoms. The van der Waals surface area contributed by atoms with Crippen LogP contribution in [0.25, 0.3) is 0 Å². The highest BCUT2D eigenvalue weighted by Crippen LogP contribution is 2.30. The Labute approximate surface area is 234 Å². The quantitative estimate of drug-likeness (QED) is 0.301. The molecule has 0 unspecified atom stereocenters. The highest BCUT2D eigenvalue weighted by atomic mass is 35.5. The smallest absolute Gasteiger partial charge is 0.309 e. The second-order valence-electron chi connectivity index (χ2n) is 9.73. The molecule has 4 rings (SSSR count). The summed E-state index contributed by atoms with van der Waals surface area (Å²) in [5.41, 5.74) is 2.36. The van der Waals surface area contributed by atoms with Crippen molar-refractivity contribution in [1.29, 1.82) is 0 Å². The lowest BCUT2D eigenvalue weighted by Gasteiger charge is -2.30. The minimum atomic E-state index is -3.51. The van der Waals surface area contributed by atoms with Crippen LogP contribution in [0.1, 0.15) is 39.2 Å². The number of carbonyl (C=O) groups excluding carboxylic acids is 1. The van der Waals surface area contributed by atoms with Gasteiger partial charge in [0.25, 0.3) is 0 Å². The molecule has 1 aliphatic heterocycles. The van der Waals surface area contributed by atoms with Gasteiger partial charge in [0.1, 0.15) is 5.02 Å². The maximum Gasteiger partial charge on any atom is 0.309 e. The second-order valence-corrected chi connectivity index (χ2v) is 12.6. The first kappa shape index (κ1) is 28.8. The molecule has 1 aromatic heterocycles. The molecule has 0 saturated carbocycles. The van der Waals surface area contributed by atoms with E-state index in [1.54, 1.807) is 38.1 Å². The standard InChI is InChI=1S/C28H34ClN5O4S/c1-4-38-27(35)21-13-15-34(16-14-21)18-20-9-11-22(12-10-20)31-28-30-17-23(29)26(33-28)32-24-7-5-6-8-25(24)39(36,37)19(2)3/h5-12,17,19,21H,4,13-16,18H2,1-3H3,(H2,30,31,32,33). The Kier molecular flexibility index (Phi) is 9.42. The lowest BCUT2D eigenvalue weighted by Crippen LogP contribution is -2.36. The number of rotatable bonds is 10. The predicted octanol–water partition coefficient (Wildman–Crippen LogP) is 5.57. The summed E-state index contributed by atoms with van der Waals surface area (Å²) >= 11 is 6.34. The number of hydrogen-bond acceptors (Lipinski definition) is 9. The number of nitrogens with zero attached hydrogens (tertiary/aromatic N) is 3. The second kappa shape index (κ2) is 12.8. The number of halogens is 1. The van der Waals surface area contributed by atoms with Crippen LogP contribution in [0.3, 0.4) is 0 Å². The van der Waals surface area contributed by atoms with E-state index in [4.69, 9.17) is 16.3 Å². The Morgan fingerprint density at radius 3 is 2.46 bits per heavy atom. The van der Waals surface area contributed by atoms with Crippen molar-refractivity contribution in [2.24, 2.45) is 5.92 Å². The molecule has 0 aliphatic carbocycles. The summed E-state index contributed by atoms with van der Waals surface area (Å²) in [5.74, 6) is 0.531. The minimum Gasteiger partial charge on any atom is -0.466 e. The Morgan fingerprint density at radius 1 is 1.10 bits per heavy atom. The fourth-order valence-electron chi connectivity index (χ4n) is 4.38. The average Bonchev–Trinajstić information content (AvgIpc) is 2.92. The number of piperidine rings is 1. The van der Waals surface area contributed by atoms with Crippen LogP contribution in [0.15, 0.2) is 59.6 Å². The number of hydrogen-bond donors (Lipinski definition) is 2. The van der Waals surface area contributed by atoms with Crippen LogP contribution in [-0.2, 0) is 25.9 Å². The summed E-state index contributed by atoms with van der Waals surface area (Å²) in [6, 6.07) is 14.7. The number of para-hydroxylation sites is 1. The number of esters is 1. The summed E-state index contributed by atoms with van der Waals surface area (Å²) in [7, 11) is -3.51. The number of benzene rings is 2. The van der Waals surface area contributed by atoms with Crippen LogP contribution < -0.4 is 10.6 Å². The van der Waals surface area contributed by atoms with Gasteiger partial charge < -0.3 is 15.4 Å². The van der Waals surface area contributed by atoms with Crippen molar-refractivity contribution in [3.63, 3.8) is 0 Å². The van der Waals surface area contributed by atoms with Gasteiger partial charge >= 0.3 is 5.97 Å². The summed E-state index contributed by atoms with van der Waals surface area (Å²) in [6.07, 6.45) is 3.10. The fourth-order valence-corrected chi connectivity index (χ4v) is 5.72. The van der Waals surface area contributed by atoms with Gasteiger partial charge in [0.15, 0.2) is 15.7 Å². The molecular weight excluding hydrogens is 538 g/mol. The summed E-state index contributed by atoms with van der Waals surface area (Å²) in [5, 5.41) is 5.93. The van der Waals surface area contributed by atoms with Crippen molar-refractivity contribution < 1.29 is 17.9 Å². The third kappa shape index (κ3) is 7.26. The number of nitrogens with one attached hydrogen (secondary N) is 2. The molecule has 0 bridgehead atoms. The van der Waals surface area contributed by atoms with Crippen molar-refractivity contribution in [3.05, 3.63) is 65.3 Å². The SMILES string of the molecule is CCOC(=O)C1CCN(Cc2ccc(Nc3ncc(Cl)c(Nc4ccccc4S(=O)(=O)C(C)C)n3)cc2)CC1. The molecule has 0 atom stereocenters. The van der Waals surface area contributed by atoms with Crippen molar-refractivity contribution in [3.8, 4) is 0 Å². The molecule has 2 heterocycles. The fraction of sp³-hybridized carbons (Fsp3) is 0.393. The highest BCUT2D eigenvalue weighted by molar-refractivity contribution is 7.92. The van der Waals surface area contributed by atoms with E-state index in [0.29, 0.717) is 24.1 Å². The van der Waals surface area contributed by atoms with Crippen LogP contribution >= 0.6 is 11.6 Å². The Bertz CT molecular complexity index is 1390. The molecular formula is C28H34ClN5O4S. The van der Waals surface area contributed by atoms with Crippen molar-refractivity contribution >= 4 is 50.5 Å². The summed E-state index contributed by atoms with van der Waals surface area (Å²) in [4.78, 5) is 23.2. The maximum absolute atomic E-state index is 12.8. The minimum absolute atomic E-state index is 0.000352. The van der Waals surface area contributed by atoms with Crippen LogP contribution in [-0.4, -0.2) is 54.2 Å². The lowest BCUT2D eigenvalue weighted by molar-refractivity contribution is -0.149. The zero-order valence-corrected chi connectivity index (χ0v) is 23.9. The van der Waals surface area contributed by atoms with E-state index < -0.39 is 15.1 Å². The Hall–Kier alpha value is -3.21. The van der Waals surface area contributed by atoms with E-state index >= 15 is 0 Å². The normalized spacial score (nSPS) is 14.8. The zero-order valence-electron chi connectivity index (χ0n) is 22.4. The average molecular weight is 572 g/mol. The van der Waals surface area contributed by atoms with Crippen LogP contribution in [0, 0.1) is 5.92 Å². The number of aromatic nitrogens is 2.